The summed E-state index contributed by atoms with van der Waals surface area (Å²) in [6, 6.07) is 12.2. The number of carbonyl (C=O) groups is 1. The maximum atomic E-state index is 13.0. The van der Waals surface area contributed by atoms with Crippen molar-refractivity contribution in [2.75, 3.05) is 0 Å². The molecule has 1 amide bonds. The molecule has 0 aliphatic heterocycles. The van der Waals surface area contributed by atoms with Crippen molar-refractivity contribution in [3.63, 3.8) is 0 Å². The minimum atomic E-state index is -0.868. The van der Waals surface area contributed by atoms with E-state index in [1.165, 1.54) is 24.4 Å². The third-order valence-electron chi connectivity index (χ3n) is 3.35. The number of hydrogen-bond donors (Lipinski definition) is 3. The number of carbonyl (C=O) groups excluding carboxylic acids is 1. The second kappa shape index (κ2) is 6.33. The fourth-order valence-electron chi connectivity index (χ4n) is 2.24. The van der Waals surface area contributed by atoms with Crippen molar-refractivity contribution < 1.29 is 14.3 Å². The molecule has 3 aromatic rings. The molecule has 3 N–H and O–H groups in total. The van der Waals surface area contributed by atoms with Crippen molar-refractivity contribution >= 4 is 23.0 Å². The van der Waals surface area contributed by atoms with Crippen LogP contribution in [0.1, 0.15) is 15.9 Å². The molecule has 0 aliphatic carbocycles. The van der Waals surface area contributed by atoms with Crippen LogP contribution in [0.4, 0.5) is 4.39 Å². The normalized spacial score (nSPS) is 11.0. The minimum Gasteiger partial charge on any atom is -0.506 e. The van der Waals surface area contributed by atoms with Gasteiger partial charge in [-0.1, -0.05) is 24.3 Å². The third-order valence-corrected chi connectivity index (χ3v) is 3.35. The number of hydrazone groups is 1. The summed E-state index contributed by atoms with van der Waals surface area (Å²) in [4.78, 5) is 26.6. The molecule has 0 unspecified atom stereocenters. The van der Waals surface area contributed by atoms with Gasteiger partial charge in [-0.3, -0.25) is 9.59 Å². The average molecular weight is 325 g/mol. The molecule has 7 heteroatoms. The number of halogens is 1. The van der Waals surface area contributed by atoms with Gasteiger partial charge in [-0.25, -0.2) is 9.82 Å². The monoisotopic (exact) mass is 325 g/mol. The molecule has 0 aliphatic rings. The number of aromatic hydroxyl groups is 1. The Hall–Kier alpha value is -3.48. The number of rotatable bonds is 3. The zero-order valence-electron chi connectivity index (χ0n) is 12.3. The molecular weight excluding hydrogens is 313 g/mol. The number of para-hydroxylation sites is 1. The van der Waals surface area contributed by atoms with Gasteiger partial charge in [0.2, 0.25) is 0 Å². The first-order chi connectivity index (χ1) is 11.6. The van der Waals surface area contributed by atoms with E-state index < -0.39 is 28.6 Å². The zero-order chi connectivity index (χ0) is 17.1. The van der Waals surface area contributed by atoms with Crippen molar-refractivity contribution in [3.05, 3.63) is 75.8 Å². The number of pyridine rings is 1. The summed E-state index contributed by atoms with van der Waals surface area (Å²) < 4.78 is 13.0. The first-order valence-electron chi connectivity index (χ1n) is 6.99. The number of aromatic nitrogens is 1. The molecule has 3 rings (SSSR count). The van der Waals surface area contributed by atoms with E-state index in [0.29, 0.717) is 16.5 Å². The van der Waals surface area contributed by atoms with Crippen LogP contribution in [0.2, 0.25) is 0 Å². The number of aromatic amines is 1. The van der Waals surface area contributed by atoms with Gasteiger partial charge in [0.15, 0.2) is 0 Å². The van der Waals surface area contributed by atoms with Gasteiger partial charge in [0, 0.05) is 5.39 Å². The van der Waals surface area contributed by atoms with Gasteiger partial charge in [-0.05, 0) is 29.8 Å². The molecule has 0 atom stereocenters. The number of hydrogen-bond acceptors (Lipinski definition) is 4. The summed E-state index contributed by atoms with van der Waals surface area (Å²) in [7, 11) is 0. The van der Waals surface area contributed by atoms with Crippen LogP contribution in [-0.4, -0.2) is 22.2 Å². The van der Waals surface area contributed by atoms with E-state index in [1.807, 2.05) is 0 Å². The van der Waals surface area contributed by atoms with E-state index in [2.05, 4.69) is 15.5 Å². The highest BCUT2D eigenvalue weighted by molar-refractivity contribution is 6.02. The van der Waals surface area contributed by atoms with Gasteiger partial charge in [-0.15, -0.1) is 0 Å². The number of benzene rings is 2. The van der Waals surface area contributed by atoms with E-state index >= 15 is 0 Å². The maximum Gasteiger partial charge on any atom is 0.280 e. The van der Waals surface area contributed by atoms with Gasteiger partial charge in [-0.2, -0.15) is 5.10 Å². The summed E-state index contributed by atoms with van der Waals surface area (Å²) in [6.07, 6.45) is 1.23. The molecule has 1 aromatic heterocycles. The van der Waals surface area contributed by atoms with Crippen LogP contribution in [0, 0.1) is 5.82 Å². The molecule has 0 saturated carbocycles. The van der Waals surface area contributed by atoms with Crippen molar-refractivity contribution in [1.82, 2.24) is 10.4 Å². The van der Waals surface area contributed by atoms with E-state index in [0.717, 1.165) is 0 Å². The predicted molar refractivity (Wildman–Crippen MR) is 87.7 cm³/mol. The first kappa shape index (κ1) is 15.4. The standard InChI is InChI=1S/C17H12FN3O3/c18-11-5-3-4-10(8-11)9-19-21-17(24)14-15(22)12-6-1-2-7-13(12)20-16(14)23/h1-9H,(H,21,24)(H2,20,22,23). The molecule has 2 aromatic carbocycles. The summed E-state index contributed by atoms with van der Waals surface area (Å²) in [6.45, 7) is 0. The Labute approximate surface area is 135 Å². The summed E-state index contributed by atoms with van der Waals surface area (Å²) >= 11 is 0. The number of amides is 1. The smallest absolute Gasteiger partial charge is 0.280 e. The molecule has 0 spiro atoms. The molecule has 0 fully saturated rings. The summed E-state index contributed by atoms with van der Waals surface area (Å²) in [5, 5.41) is 14.2. The lowest BCUT2D eigenvalue weighted by molar-refractivity contribution is 0.0951. The van der Waals surface area contributed by atoms with Crippen LogP contribution in [-0.2, 0) is 0 Å². The Morgan fingerprint density at radius 1 is 1.21 bits per heavy atom. The van der Waals surface area contributed by atoms with Crippen LogP contribution in [0.25, 0.3) is 10.9 Å². The maximum absolute atomic E-state index is 13.0. The molecule has 24 heavy (non-hydrogen) atoms. The summed E-state index contributed by atoms with van der Waals surface area (Å²) in [5.74, 6) is -1.73. The molecule has 0 bridgehead atoms. The highest BCUT2D eigenvalue weighted by Gasteiger charge is 2.18. The predicted octanol–water partition coefficient (Wildman–Crippen LogP) is 2.14. The van der Waals surface area contributed by atoms with Crippen molar-refractivity contribution in [3.8, 4) is 5.75 Å². The summed E-state index contributed by atoms with van der Waals surface area (Å²) in [5.41, 5.74) is 1.82. The number of nitrogens with one attached hydrogen (secondary N) is 2. The molecule has 0 radical (unpaired) electrons. The lowest BCUT2D eigenvalue weighted by Gasteiger charge is -2.05. The van der Waals surface area contributed by atoms with Gasteiger partial charge >= 0.3 is 0 Å². The highest BCUT2D eigenvalue weighted by atomic mass is 19.1. The van der Waals surface area contributed by atoms with Gasteiger partial charge < -0.3 is 10.1 Å². The molecule has 0 saturated heterocycles. The Morgan fingerprint density at radius 3 is 2.79 bits per heavy atom. The van der Waals surface area contributed by atoms with E-state index in [9.17, 15) is 19.1 Å². The Kier molecular flexibility index (Phi) is 4.07. The molecular formula is C17H12FN3O3. The first-order valence-corrected chi connectivity index (χ1v) is 6.99. The van der Waals surface area contributed by atoms with Crippen molar-refractivity contribution in [1.29, 1.82) is 0 Å². The Morgan fingerprint density at radius 2 is 2.00 bits per heavy atom. The Balaban J connectivity index is 1.88. The fraction of sp³-hybridized carbons (Fsp3) is 0. The number of nitrogens with zero attached hydrogens (tertiary/aromatic N) is 1. The van der Waals surface area contributed by atoms with Gasteiger partial charge in [0.05, 0.1) is 11.7 Å². The van der Waals surface area contributed by atoms with Crippen molar-refractivity contribution in [2.45, 2.75) is 0 Å². The fourth-order valence-corrected chi connectivity index (χ4v) is 2.24. The van der Waals surface area contributed by atoms with E-state index in [4.69, 9.17) is 0 Å². The average Bonchev–Trinajstić information content (AvgIpc) is 2.55. The molecule has 6 nitrogen and oxygen atoms in total. The van der Waals surface area contributed by atoms with Gasteiger partial charge in [0.25, 0.3) is 11.5 Å². The second-order valence-corrected chi connectivity index (χ2v) is 4.98. The van der Waals surface area contributed by atoms with E-state index in [1.54, 1.807) is 30.3 Å². The Bertz CT molecular complexity index is 1010. The molecule has 120 valence electrons. The van der Waals surface area contributed by atoms with Crippen molar-refractivity contribution in [2.24, 2.45) is 5.10 Å². The van der Waals surface area contributed by atoms with Crippen LogP contribution >= 0.6 is 0 Å². The van der Waals surface area contributed by atoms with E-state index in [-0.39, 0.29) is 0 Å². The zero-order valence-corrected chi connectivity index (χ0v) is 12.3. The number of H-pyrrole nitrogens is 1. The second-order valence-electron chi connectivity index (χ2n) is 4.98. The van der Waals surface area contributed by atoms with Gasteiger partial charge in [0.1, 0.15) is 17.1 Å². The third kappa shape index (κ3) is 3.00. The van der Waals surface area contributed by atoms with Crippen LogP contribution in [0.15, 0.2) is 58.4 Å². The number of fused-ring (bicyclic) bond motifs is 1. The van der Waals surface area contributed by atoms with Crippen LogP contribution < -0.4 is 11.0 Å². The van der Waals surface area contributed by atoms with Crippen LogP contribution in [0.3, 0.4) is 0 Å². The minimum absolute atomic E-state index is 0.344. The largest absolute Gasteiger partial charge is 0.506 e. The SMILES string of the molecule is O=C(NN=Cc1cccc(F)c1)c1c(O)c2ccccc2[nH]c1=O. The lowest BCUT2D eigenvalue weighted by atomic mass is 10.1. The topological polar surface area (TPSA) is 94.5 Å². The van der Waals surface area contributed by atoms with Crippen LogP contribution in [0.5, 0.6) is 5.75 Å². The molecule has 1 heterocycles. The highest BCUT2D eigenvalue weighted by Crippen LogP contribution is 2.24. The quantitative estimate of drug-likeness (QED) is 0.508. The lowest BCUT2D eigenvalue weighted by Crippen LogP contribution is -2.26.